The number of guanidine groups is 1. The third kappa shape index (κ3) is 12.7. The minimum absolute atomic E-state index is 0.121. The Bertz CT molecular complexity index is 215. The van der Waals surface area contributed by atoms with Gasteiger partial charge in [0.15, 0.2) is 5.96 Å². The standard InChI is InChI=1S/C10H22N4O2/c11-10(12)14-8-7-13-6-4-2-1-3-5-9(15)16/h13H,1-8H2,(H,15,16)(H4,11,12,14). The third-order valence-electron chi connectivity index (χ3n) is 2.08. The SMILES string of the molecule is NC(N)=NCCNCCCCCCC(=O)O. The van der Waals surface area contributed by atoms with Crippen molar-refractivity contribution in [2.75, 3.05) is 19.6 Å². The monoisotopic (exact) mass is 230 g/mol. The molecule has 0 amide bonds. The van der Waals surface area contributed by atoms with Gasteiger partial charge in [-0.15, -0.1) is 0 Å². The first kappa shape index (κ1) is 14.7. The van der Waals surface area contributed by atoms with Crippen LogP contribution in [-0.4, -0.2) is 36.7 Å². The molecule has 94 valence electrons. The van der Waals surface area contributed by atoms with Crippen molar-refractivity contribution in [3.05, 3.63) is 0 Å². The highest BCUT2D eigenvalue weighted by molar-refractivity contribution is 5.75. The molecule has 6 nitrogen and oxygen atoms in total. The number of nitrogens with zero attached hydrogens (tertiary/aromatic N) is 1. The fourth-order valence-corrected chi connectivity index (χ4v) is 1.27. The summed E-state index contributed by atoms with van der Waals surface area (Å²) < 4.78 is 0. The van der Waals surface area contributed by atoms with Gasteiger partial charge in [0.1, 0.15) is 0 Å². The maximum Gasteiger partial charge on any atom is 0.303 e. The van der Waals surface area contributed by atoms with Crippen molar-refractivity contribution >= 4 is 11.9 Å². The highest BCUT2D eigenvalue weighted by Crippen LogP contribution is 2.01. The van der Waals surface area contributed by atoms with Gasteiger partial charge in [0.25, 0.3) is 0 Å². The first-order valence-corrected chi connectivity index (χ1v) is 5.61. The van der Waals surface area contributed by atoms with E-state index in [-0.39, 0.29) is 12.4 Å². The summed E-state index contributed by atoms with van der Waals surface area (Å²) in [6, 6.07) is 0. The molecule has 16 heavy (non-hydrogen) atoms. The molecule has 0 spiro atoms. The minimum Gasteiger partial charge on any atom is -0.481 e. The number of hydrogen-bond acceptors (Lipinski definition) is 3. The van der Waals surface area contributed by atoms with Crippen LogP contribution in [0.15, 0.2) is 4.99 Å². The minimum atomic E-state index is -0.713. The first-order valence-electron chi connectivity index (χ1n) is 5.61. The van der Waals surface area contributed by atoms with Gasteiger partial charge in [-0.05, 0) is 19.4 Å². The van der Waals surface area contributed by atoms with Gasteiger partial charge >= 0.3 is 5.97 Å². The predicted molar refractivity (Wildman–Crippen MR) is 64.3 cm³/mol. The third-order valence-corrected chi connectivity index (χ3v) is 2.08. The van der Waals surface area contributed by atoms with Gasteiger partial charge in [0.05, 0.1) is 6.54 Å². The Labute approximate surface area is 96.1 Å². The summed E-state index contributed by atoms with van der Waals surface area (Å²) in [5.74, 6) is -0.592. The van der Waals surface area contributed by atoms with Crippen LogP contribution in [0.5, 0.6) is 0 Å². The zero-order valence-corrected chi connectivity index (χ0v) is 9.61. The van der Waals surface area contributed by atoms with Crippen molar-refractivity contribution in [1.29, 1.82) is 0 Å². The van der Waals surface area contributed by atoms with E-state index in [0.29, 0.717) is 6.54 Å². The molecule has 0 unspecified atom stereocenters. The number of rotatable bonds is 10. The summed E-state index contributed by atoms with van der Waals surface area (Å²) >= 11 is 0. The summed E-state index contributed by atoms with van der Waals surface area (Å²) in [6.45, 7) is 2.29. The molecule has 0 rings (SSSR count). The Morgan fingerprint density at radius 1 is 1.12 bits per heavy atom. The van der Waals surface area contributed by atoms with Crippen LogP contribution >= 0.6 is 0 Å². The molecule has 6 heteroatoms. The molecule has 0 aromatic carbocycles. The number of nitrogens with two attached hydrogens (primary N) is 2. The van der Waals surface area contributed by atoms with E-state index in [1.807, 2.05) is 0 Å². The second-order valence-corrected chi connectivity index (χ2v) is 3.61. The average Bonchev–Trinajstić information content (AvgIpc) is 2.20. The van der Waals surface area contributed by atoms with E-state index in [1.54, 1.807) is 0 Å². The quantitative estimate of drug-likeness (QED) is 0.237. The highest BCUT2D eigenvalue weighted by Gasteiger charge is 1.95. The molecule has 0 fully saturated rings. The Hall–Kier alpha value is -1.30. The van der Waals surface area contributed by atoms with E-state index in [2.05, 4.69) is 10.3 Å². The molecule has 0 radical (unpaired) electrons. The smallest absolute Gasteiger partial charge is 0.303 e. The van der Waals surface area contributed by atoms with Crippen LogP contribution in [0.1, 0.15) is 32.1 Å². The van der Waals surface area contributed by atoms with Crippen LogP contribution in [0.3, 0.4) is 0 Å². The van der Waals surface area contributed by atoms with Crippen molar-refractivity contribution in [3.8, 4) is 0 Å². The van der Waals surface area contributed by atoms with Crippen LogP contribution in [0.2, 0.25) is 0 Å². The molecule has 0 aromatic rings. The lowest BCUT2D eigenvalue weighted by molar-refractivity contribution is -0.137. The van der Waals surface area contributed by atoms with Crippen molar-refractivity contribution < 1.29 is 9.90 Å². The van der Waals surface area contributed by atoms with Gasteiger partial charge in [0.2, 0.25) is 0 Å². The summed E-state index contributed by atoms with van der Waals surface area (Å²) in [4.78, 5) is 14.1. The molecule has 0 bridgehead atoms. The molecule has 0 aliphatic rings. The van der Waals surface area contributed by atoms with Crippen molar-refractivity contribution in [3.63, 3.8) is 0 Å². The largest absolute Gasteiger partial charge is 0.481 e. The second-order valence-electron chi connectivity index (χ2n) is 3.61. The Balaban J connectivity index is 3.04. The molecular formula is C10H22N4O2. The van der Waals surface area contributed by atoms with Crippen molar-refractivity contribution in [1.82, 2.24) is 5.32 Å². The molecular weight excluding hydrogens is 208 g/mol. The Morgan fingerprint density at radius 2 is 1.81 bits per heavy atom. The molecule has 0 saturated heterocycles. The number of carboxylic acids is 1. The number of carbonyl (C=O) groups is 1. The lowest BCUT2D eigenvalue weighted by Crippen LogP contribution is -2.25. The lowest BCUT2D eigenvalue weighted by Gasteiger charge is -2.02. The van der Waals surface area contributed by atoms with Crippen LogP contribution in [0, 0.1) is 0 Å². The van der Waals surface area contributed by atoms with E-state index >= 15 is 0 Å². The number of hydrogen-bond donors (Lipinski definition) is 4. The van der Waals surface area contributed by atoms with E-state index in [1.165, 1.54) is 0 Å². The summed E-state index contributed by atoms with van der Waals surface area (Å²) in [5.41, 5.74) is 10.3. The highest BCUT2D eigenvalue weighted by atomic mass is 16.4. The Kier molecular flexibility index (Phi) is 9.39. The van der Waals surface area contributed by atoms with Crippen LogP contribution in [0.25, 0.3) is 0 Å². The zero-order chi connectivity index (χ0) is 12.2. The van der Waals surface area contributed by atoms with Gasteiger partial charge in [0, 0.05) is 13.0 Å². The molecule has 0 aliphatic heterocycles. The number of unbranched alkanes of at least 4 members (excludes halogenated alkanes) is 3. The van der Waals surface area contributed by atoms with Gasteiger partial charge in [-0.1, -0.05) is 12.8 Å². The number of aliphatic carboxylic acids is 1. The molecule has 0 aromatic heterocycles. The number of carboxylic acid groups (broad SMARTS) is 1. The maximum absolute atomic E-state index is 10.2. The zero-order valence-electron chi connectivity index (χ0n) is 9.61. The molecule has 0 heterocycles. The van der Waals surface area contributed by atoms with Crippen LogP contribution in [0.4, 0.5) is 0 Å². The van der Waals surface area contributed by atoms with Crippen LogP contribution in [-0.2, 0) is 4.79 Å². The van der Waals surface area contributed by atoms with Gasteiger partial charge in [-0.25, -0.2) is 0 Å². The molecule has 0 aliphatic carbocycles. The first-order chi connectivity index (χ1) is 7.63. The number of aliphatic imine (C=N–C) groups is 1. The molecule has 0 saturated carbocycles. The lowest BCUT2D eigenvalue weighted by atomic mass is 10.1. The summed E-state index contributed by atoms with van der Waals surface area (Å²) in [6.07, 6.45) is 4.13. The topological polar surface area (TPSA) is 114 Å². The van der Waals surface area contributed by atoms with Crippen LogP contribution < -0.4 is 16.8 Å². The van der Waals surface area contributed by atoms with E-state index in [9.17, 15) is 4.79 Å². The molecule has 6 N–H and O–H groups in total. The van der Waals surface area contributed by atoms with Gasteiger partial charge < -0.3 is 21.9 Å². The fraction of sp³-hybridized carbons (Fsp3) is 0.800. The summed E-state index contributed by atoms with van der Waals surface area (Å²) in [5, 5.41) is 11.6. The number of nitrogens with one attached hydrogen (secondary N) is 1. The van der Waals surface area contributed by atoms with Crippen molar-refractivity contribution in [2.45, 2.75) is 32.1 Å². The van der Waals surface area contributed by atoms with E-state index in [4.69, 9.17) is 16.6 Å². The Morgan fingerprint density at radius 3 is 2.44 bits per heavy atom. The van der Waals surface area contributed by atoms with E-state index < -0.39 is 5.97 Å². The normalized spacial score (nSPS) is 10.0. The summed E-state index contributed by atoms with van der Waals surface area (Å²) in [7, 11) is 0. The average molecular weight is 230 g/mol. The fourth-order valence-electron chi connectivity index (χ4n) is 1.27. The maximum atomic E-state index is 10.2. The van der Waals surface area contributed by atoms with Gasteiger partial charge in [-0.2, -0.15) is 0 Å². The predicted octanol–water partition coefficient (Wildman–Crippen LogP) is -0.115. The van der Waals surface area contributed by atoms with Gasteiger partial charge in [-0.3, -0.25) is 9.79 Å². The van der Waals surface area contributed by atoms with Crippen molar-refractivity contribution in [2.24, 2.45) is 16.5 Å². The van der Waals surface area contributed by atoms with E-state index in [0.717, 1.165) is 38.8 Å². The molecule has 0 atom stereocenters. The second kappa shape index (κ2) is 10.2.